The Bertz CT molecular complexity index is 1200. The highest BCUT2D eigenvalue weighted by Crippen LogP contribution is 2.44. The van der Waals surface area contributed by atoms with Crippen LogP contribution in [0.25, 0.3) is 0 Å². The van der Waals surface area contributed by atoms with Crippen LogP contribution in [0.1, 0.15) is 41.3 Å². The lowest BCUT2D eigenvalue weighted by atomic mass is 10.0. The van der Waals surface area contributed by atoms with Crippen molar-refractivity contribution >= 4 is 39.0 Å². The van der Waals surface area contributed by atoms with Gasteiger partial charge < -0.3 is 0 Å². The molecule has 4 rings (SSSR count). The Labute approximate surface area is 173 Å². The molecule has 0 bridgehead atoms. The highest BCUT2D eigenvalue weighted by Gasteiger charge is 2.37. The van der Waals surface area contributed by atoms with E-state index < -0.39 is 9.84 Å². The van der Waals surface area contributed by atoms with Crippen LogP contribution in [0, 0.1) is 0 Å². The van der Waals surface area contributed by atoms with Gasteiger partial charge in [-0.05, 0) is 47.9 Å². The van der Waals surface area contributed by atoms with Crippen molar-refractivity contribution in [3.05, 3.63) is 82.4 Å². The van der Waals surface area contributed by atoms with Crippen molar-refractivity contribution in [2.45, 2.75) is 39.3 Å². The second-order valence-corrected chi connectivity index (χ2v) is 10.3. The zero-order valence-electron chi connectivity index (χ0n) is 15.3. The normalized spacial score (nSPS) is 14.6. The smallest absolute Gasteiger partial charge is 0.209 e. The molecule has 0 unspecified atom stereocenters. The summed E-state index contributed by atoms with van der Waals surface area (Å²) in [6.45, 7) is 4.25. The van der Waals surface area contributed by atoms with E-state index in [2.05, 4.69) is 26.0 Å². The van der Waals surface area contributed by atoms with Crippen LogP contribution in [0.15, 0.2) is 80.2 Å². The third kappa shape index (κ3) is 3.08. The van der Waals surface area contributed by atoms with Crippen molar-refractivity contribution < 1.29 is 13.2 Å². The summed E-state index contributed by atoms with van der Waals surface area (Å²) in [4.78, 5) is 14.3. The second kappa shape index (κ2) is 7.07. The van der Waals surface area contributed by atoms with E-state index in [1.165, 1.54) is 29.5 Å². The fourth-order valence-electron chi connectivity index (χ4n) is 3.25. The van der Waals surface area contributed by atoms with Crippen molar-refractivity contribution in [3.63, 3.8) is 0 Å². The molecule has 0 atom stereocenters. The fourth-order valence-corrected chi connectivity index (χ4v) is 6.48. The minimum Gasteiger partial charge on any atom is -0.289 e. The maximum absolute atomic E-state index is 13.1. The van der Waals surface area contributed by atoms with Crippen LogP contribution in [-0.2, 0) is 9.84 Å². The molecule has 0 aromatic heterocycles. The first-order valence-electron chi connectivity index (χ1n) is 8.80. The van der Waals surface area contributed by atoms with E-state index in [1.54, 1.807) is 24.3 Å². The summed E-state index contributed by atoms with van der Waals surface area (Å²) in [6, 6.07) is 17.6. The lowest BCUT2D eigenvalue weighted by molar-refractivity contribution is 0.103. The van der Waals surface area contributed by atoms with Gasteiger partial charge in [0.15, 0.2) is 5.78 Å². The SMILES string of the molecule is CC(C)c1ccc(Sc2ccc3c(c2Cl)S(=O)(=O)c2ccccc2C3=O)cc1. The summed E-state index contributed by atoms with van der Waals surface area (Å²) in [7, 11) is -3.86. The first-order chi connectivity index (χ1) is 13.3. The molecule has 0 fully saturated rings. The predicted molar refractivity (Wildman–Crippen MR) is 111 cm³/mol. The molecule has 1 aliphatic heterocycles. The van der Waals surface area contributed by atoms with Crippen molar-refractivity contribution in [1.29, 1.82) is 0 Å². The molecule has 0 saturated carbocycles. The number of hydrogen-bond donors (Lipinski definition) is 0. The van der Waals surface area contributed by atoms with E-state index in [0.717, 1.165) is 4.90 Å². The molecule has 0 spiro atoms. The van der Waals surface area contributed by atoms with Crippen molar-refractivity contribution in [2.24, 2.45) is 0 Å². The number of halogens is 1. The predicted octanol–water partition coefficient (Wildman–Crippen LogP) is 5.99. The third-order valence-corrected chi connectivity index (χ3v) is 8.35. The van der Waals surface area contributed by atoms with Crippen LogP contribution in [-0.4, -0.2) is 14.2 Å². The van der Waals surface area contributed by atoms with Gasteiger partial charge in [-0.25, -0.2) is 8.42 Å². The number of benzene rings is 3. The molecule has 3 nitrogen and oxygen atoms in total. The number of ketones is 1. The minimum atomic E-state index is -3.86. The molecule has 0 aliphatic carbocycles. The van der Waals surface area contributed by atoms with E-state index in [0.29, 0.717) is 10.8 Å². The number of hydrogen-bond acceptors (Lipinski definition) is 4. The molecule has 1 heterocycles. The zero-order chi connectivity index (χ0) is 20.1. The summed E-state index contributed by atoms with van der Waals surface area (Å²) in [5.41, 5.74) is 1.55. The van der Waals surface area contributed by atoms with E-state index in [-0.39, 0.29) is 31.7 Å². The van der Waals surface area contributed by atoms with E-state index >= 15 is 0 Å². The average molecular weight is 429 g/mol. The summed E-state index contributed by atoms with van der Waals surface area (Å²) < 4.78 is 26.3. The van der Waals surface area contributed by atoms with E-state index in [9.17, 15) is 13.2 Å². The molecule has 28 heavy (non-hydrogen) atoms. The van der Waals surface area contributed by atoms with Crippen LogP contribution < -0.4 is 0 Å². The topological polar surface area (TPSA) is 51.2 Å². The number of sulfone groups is 1. The van der Waals surface area contributed by atoms with Gasteiger partial charge in [-0.15, -0.1) is 0 Å². The van der Waals surface area contributed by atoms with Gasteiger partial charge in [0.1, 0.15) is 4.90 Å². The molecule has 142 valence electrons. The number of carbonyl (C=O) groups is 1. The van der Waals surface area contributed by atoms with Crippen molar-refractivity contribution in [3.8, 4) is 0 Å². The molecule has 0 saturated heterocycles. The Morgan fingerprint density at radius 3 is 2.25 bits per heavy atom. The number of carbonyl (C=O) groups excluding carboxylic acids is 1. The lowest BCUT2D eigenvalue weighted by Gasteiger charge is -2.21. The van der Waals surface area contributed by atoms with Gasteiger partial charge in [0, 0.05) is 20.9 Å². The van der Waals surface area contributed by atoms with Gasteiger partial charge in [0.25, 0.3) is 0 Å². The van der Waals surface area contributed by atoms with Crippen molar-refractivity contribution in [1.82, 2.24) is 0 Å². The molecule has 3 aromatic carbocycles. The molecular weight excluding hydrogens is 412 g/mol. The third-order valence-electron chi connectivity index (χ3n) is 4.77. The van der Waals surface area contributed by atoms with Crippen LogP contribution in [0.5, 0.6) is 0 Å². The molecule has 1 aliphatic rings. The standard InChI is InChI=1S/C22H17ClO3S2/c1-13(2)14-7-9-15(10-8-14)27-18-12-11-17-21(24)16-5-3-4-6-19(16)28(25,26)22(17)20(18)23/h3-13H,1-2H3. The first-order valence-corrected chi connectivity index (χ1v) is 11.5. The van der Waals surface area contributed by atoms with Gasteiger partial charge in [0.2, 0.25) is 9.84 Å². The van der Waals surface area contributed by atoms with Gasteiger partial charge in [-0.3, -0.25) is 4.79 Å². The van der Waals surface area contributed by atoms with Gasteiger partial charge in [0.05, 0.1) is 9.92 Å². The van der Waals surface area contributed by atoms with E-state index in [1.807, 2.05) is 12.1 Å². The summed E-state index contributed by atoms with van der Waals surface area (Å²) in [5, 5.41) is 0.0956. The average Bonchev–Trinajstić information content (AvgIpc) is 2.68. The molecule has 0 N–H and O–H groups in total. The largest absolute Gasteiger partial charge is 0.289 e. The minimum absolute atomic E-state index is 0.0119. The van der Waals surface area contributed by atoms with Crippen LogP contribution in [0.3, 0.4) is 0 Å². The Balaban J connectivity index is 1.80. The summed E-state index contributed by atoms with van der Waals surface area (Å²) in [6.07, 6.45) is 0. The van der Waals surface area contributed by atoms with Crippen LogP contribution in [0.2, 0.25) is 5.02 Å². The Morgan fingerprint density at radius 1 is 0.893 bits per heavy atom. The van der Waals surface area contributed by atoms with Crippen LogP contribution >= 0.6 is 23.4 Å². The fraction of sp³-hybridized carbons (Fsp3) is 0.136. The second-order valence-electron chi connectivity index (χ2n) is 6.91. The Hall–Kier alpha value is -2.08. The Morgan fingerprint density at radius 2 is 1.57 bits per heavy atom. The van der Waals surface area contributed by atoms with Crippen molar-refractivity contribution in [2.75, 3.05) is 0 Å². The quantitative estimate of drug-likeness (QED) is 0.402. The van der Waals surface area contributed by atoms with Gasteiger partial charge in [-0.1, -0.05) is 61.5 Å². The Kier molecular flexibility index (Phi) is 4.86. The summed E-state index contributed by atoms with van der Waals surface area (Å²) >= 11 is 7.91. The molecule has 0 amide bonds. The molecular formula is C22H17ClO3S2. The first kappa shape index (κ1) is 19.2. The number of rotatable bonds is 3. The van der Waals surface area contributed by atoms with E-state index in [4.69, 9.17) is 11.6 Å². The monoisotopic (exact) mass is 428 g/mol. The molecule has 3 aromatic rings. The van der Waals surface area contributed by atoms with Gasteiger partial charge >= 0.3 is 0 Å². The van der Waals surface area contributed by atoms with Crippen LogP contribution in [0.4, 0.5) is 0 Å². The molecule has 6 heteroatoms. The number of fused-ring (bicyclic) bond motifs is 2. The lowest BCUT2D eigenvalue weighted by Crippen LogP contribution is -2.20. The zero-order valence-corrected chi connectivity index (χ0v) is 17.7. The summed E-state index contributed by atoms with van der Waals surface area (Å²) in [5.74, 6) is 0.114. The maximum Gasteiger partial charge on any atom is 0.209 e. The molecule has 0 radical (unpaired) electrons. The highest BCUT2D eigenvalue weighted by molar-refractivity contribution is 7.99. The maximum atomic E-state index is 13.1. The van der Waals surface area contributed by atoms with Gasteiger partial charge in [-0.2, -0.15) is 0 Å². The highest BCUT2D eigenvalue weighted by atomic mass is 35.5.